The Morgan fingerprint density at radius 1 is 1.33 bits per heavy atom. The minimum atomic E-state index is -0.306. The van der Waals surface area contributed by atoms with Crippen LogP contribution in [0.15, 0.2) is 24.3 Å². The van der Waals surface area contributed by atoms with Crippen molar-refractivity contribution < 1.29 is 9.84 Å². The van der Waals surface area contributed by atoms with Crippen LogP contribution in [-0.2, 0) is 17.9 Å². The molecule has 84 valence electrons. The van der Waals surface area contributed by atoms with Gasteiger partial charge in [0.2, 0.25) is 0 Å². The minimum absolute atomic E-state index is 0.306. The van der Waals surface area contributed by atoms with Crippen LogP contribution in [0.3, 0.4) is 0 Å². The van der Waals surface area contributed by atoms with Crippen LogP contribution >= 0.6 is 0 Å². The monoisotopic (exact) mass is 209 g/mol. The summed E-state index contributed by atoms with van der Waals surface area (Å²) >= 11 is 0. The summed E-state index contributed by atoms with van der Waals surface area (Å²) in [4.78, 5) is 0. The Morgan fingerprint density at radius 2 is 2.00 bits per heavy atom. The van der Waals surface area contributed by atoms with Crippen molar-refractivity contribution in [2.24, 2.45) is 0 Å². The van der Waals surface area contributed by atoms with Gasteiger partial charge in [-0.25, -0.2) is 0 Å². The zero-order valence-electron chi connectivity index (χ0n) is 9.36. The molecule has 3 nitrogen and oxygen atoms in total. The molecule has 0 aliphatic carbocycles. The molecule has 0 fully saturated rings. The second-order valence-electron chi connectivity index (χ2n) is 3.68. The quantitative estimate of drug-likeness (QED) is 0.742. The number of methoxy groups -OCH3 is 1. The molecule has 0 saturated carbocycles. The molecule has 0 aliphatic heterocycles. The number of hydrogen-bond acceptors (Lipinski definition) is 3. The van der Waals surface area contributed by atoms with Crippen molar-refractivity contribution in [3.05, 3.63) is 35.4 Å². The van der Waals surface area contributed by atoms with Crippen LogP contribution in [0.4, 0.5) is 0 Å². The van der Waals surface area contributed by atoms with Crippen molar-refractivity contribution in [1.82, 2.24) is 5.32 Å². The first-order valence-corrected chi connectivity index (χ1v) is 5.18. The molecule has 1 rings (SSSR count). The summed E-state index contributed by atoms with van der Waals surface area (Å²) in [6.45, 7) is 3.78. The number of aliphatic hydroxyl groups excluding tert-OH is 1. The zero-order chi connectivity index (χ0) is 11.1. The Kier molecular flexibility index (Phi) is 5.32. The highest BCUT2D eigenvalue weighted by Crippen LogP contribution is 2.09. The van der Waals surface area contributed by atoms with Gasteiger partial charge in [0.05, 0.1) is 12.7 Å². The van der Waals surface area contributed by atoms with Crippen molar-refractivity contribution in [2.75, 3.05) is 13.7 Å². The van der Waals surface area contributed by atoms with Crippen LogP contribution in [0.5, 0.6) is 0 Å². The number of aliphatic hydroxyl groups is 1. The summed E-state index contributed by atoms with van der Waals surface area (Å²) < 4.78 is 5.12. The molecule has 1 atom stereocenters. The number of nitrogens with one attached hydrogen (secondary N) is 1. The summed E-state index contributed by atoms with van der Waals surface area (Å²) in [5, 5.41) is 12.3. The summed E-state index contributed by atoms with van der Waals surface area (Å²) in [7, 11) is 1.69. The van der Waals surface area contributed by atoms with Gasteiger partial charge < -0.3 is 15.2 Å². The van der Waals surface area contributed by atoms with E-state index in [1.807, 2.05) is 12.1 Å². The van der Waals surface area contributed by atoms with Crippen LogP contribution in [0.1, 0.15) is 18.1 Å². The summed E-state index contributed by atoms with van der Waals surface area (Å²) in [5.74, 6) is 0. The molecule has 1 aromatic carbocycles. The number of benzene rings is 1. The van der Waals surface area contributed by atoms with E-state index in [-0.39, 0.29) is 6.10 Å². The molecule has 0 spiro atoms. The lowest BCUT2D eigenvalue weighted by molar-refractivity contribution is 0.182. The zero-order valence-corrected chi connectivity index (χ0v) is 9.36. The van der Waals surface area contributed by atoms with Crippen molar-refractivity contribution in [1.29, 1.82) is 0 Å². The largest absolute Gasteiger partial charge is 0.392 e. The molecular weight excluding hydrogens is 190 g/mol. The smallest absolute Gasteiger partial charge is 0.0716 e. The lowest BCUT2D eigenvalue weighted by Gasteiger charge is -2.10. The van der Waals surface area contributed by atoms with Crippen molar-refractivity contribution in [3.63, 3.8) is 0 Å². The Hall–Kier alpha value is -0.900. The van der Waals surface area contributed by atoms with Gasteiger partial charge >= 0.3 is 0 Å². The van der Waals surface area contributed by atoms with E-state index in [1.54, 1.807) is 14.0 Å². The second-order valence-corrected chi connectivity index (χ2v) is 3.68. The van der Waals surface area contributed by atoms with E-state index in [2.05, 4.69) is 17.4 Å². The van der Waals surface area contributed by atoms with E-state index >= 15 is 0 Å². The Morgan fingerprint density at radius 3 is 2.60 bits per heavy atom. The van der Waals surface area contributed by atoms with Gasteiger partial charge in [-0.2, -0.15) is 0 Å². The Balaban J connectivity index is 2.51. The molecule has 0 saturated heterocycles. The van der Waals surface area contributed by atoms with Crippen molar-refractivity contribution in [3.8, 4) is 0 Å². The molecule has 2 N–H and O–H groups in total. The molecule has 0 aromatic heterocycles. The van der Waals surface area contributed by atoms with Crippen LogP contribution in [0.2, 0.25) is 0 Å². The maximum Gasteiger partial charge on any atom is 0.0716 e. The number of hydrogen-bond donors (Lipinski definition) is 2. The van der Waals surface area contributed by atoms with E-state index in [9.17, 15) is 0 Å². The SMILES string of the molecule is COCc1ccccc1CNCC(C)O. The summed E-state index contributed by atoms with van der Waals surface area (Å²) in [5.41, 5.74) is 2.41. The van der Waals surface area contributed by atoms with Gasteiger partial charge in [-0.3, -0.25) is 0 Å². The summed E-state index contributed by atoms with van der Waals surface area (Å²) in [6, 6.07) is 8.15. The third-order valence-corrected chi connectivity index (χ3v) is 2.17. The first-order valence-electron chi connectivity index (χ1n) is 5.18. The van der Waals surface area contributed by atoms with Gasteiger partial charge in [0.1, 0.15) is 0 Å². The highest BCUT2D eigenvalue weighted by molar-refractivity contribution is 5.26. The van der Waals surface area contributed by atoms with Gasteiger partial charge in [0.15, 0.2) is 0 Å². The predicted octanol–water partition coefficient (Wildman–Crippen LogP) is 1.30. The lowest BCUT2D eigenvalue weighted by atomic mass is 10.1. The van der Waals surface area contributed by atoms with E-state index in [0.717, 1.165) is 6.54 Å². The molecule has 1 unspecified atom stereocenters. The topological polar surface area (TPSA) is 41.5 Å². The van der Waals surface area contributed by atoms with E-state index in [1.165, 1.54) is 11.1 Å². The van der Waals surface area contributed by atoms with E-state index < -0.39 is 0 Å². The molecule has 0 bridgehead atoms. The molecule has 3 heteroatoms. The van der Waals surface area contributed by atoms with Gasteiger partial charge in [-0.05, 0) is 18.1 Å². The molecule has 1 aromatic rings. The fraction of sp³-hybridized carbons (Fsp3) is 0.500. The van der Waals surface area contributed by atoms with Crippen molar-refractivity contribution in [2.45, 2.75) is 26.2 Å². The molecule has 0 amide bonds. The average Bonchev–Trinajstić information content (AvgIpc) is 2.20. The standard InChI is InChI=1S/C12H19NO2/c1-10(14)7-13-8-11-5-3-4-6-12(11)9-15-2/h3-6,10,13-14H,7-9H2,1-2H3. The molecule has 0 radical (unpaired) electrons. The molecule has 15 heavy (non-hydrogen) atoms. The highest BCUT2D eigenvalue weighted by Gasteiger charge is 2.01. The first-order chi connectivity index (χ1) is 7.24. The van der Waals surface area contributed by atoms with Gasteiger partial charge in [-0.1, -0.05) is 24.3 Å². The predicted molar refractivity (Wildman–Crippen MR) is 60.5 cm³/mol. The Labute approximate surface area is 91.1 Å². The lowest BCUT2D eigenvalue weighted by Crippen LogP contribution is -2.24. The van der Waals surface area contributed by atoms with Crippen LogP contribution in [-0.4, -0.2) is 24.9 Å². The highest BCUT2D eigenvalue weighted by atomic mass is 16.5. The van der Waals surface area contributed by atoms with Crippen molar-refractivity contribution >= 4 is 0 Å². The minimum Gasteiger partial charge on any atom is -0.392 e. The van der Waals surface area contributed by atoms with Gasteiger partial charge in [0.25, 0.3) is 0 Å². The third kappa shape index (κ3) is 4.42. The van der Waals surface area contributed by atoms with Gasteiger partial charge in [0, 0.05) is 20.2 Å². The average molecular weight is 209 g/mol. The molecule has 0 heterocycles. The molecular formula is C12H19NO2. The second kappa shape index (κ2) is 6.56. The fourth-order valence-electron chi connectivity index (χ4n) is 1.44. The van der Waals surface area contributed by atoms with Gasteiger partial charge in [-0.15, -0.1) is 0 Å². The van der Waals surface area contributed by atoms with E-state index in [0.29, 0.717) is 13.2 Å². The maximum absolute atomic E-state index is 9.12. The van der Waals surface area contributed by atoms with Crippen LogP contribution in [0, 0.1) is 0 Å². The van der Waals surface area contributed by atoms with E-state index in [4.69, 9.17) is 9.84 Å². The number of rotatable bonds is 6. The normalized spacial score (nSPS) is 12.7. The number of ether oxygens (including phenoxy) is 1. The molecule has 0 aliphatic rings. The fourth-order valence-corrected chi connectivity index (χ4v) is 1.44. The van der Waals surface area contributed by atoms with Crippen LogP contribution < -0.4 is 5.32 Å². The maximum atomic E-state index is 9.12. The first kappa shape index (κ1) is 12.2. The summed E-state index contributed by atoms with van der Waals surface area (Å²) in [6.07, 6.45) is -0.306. The van der Waals surface area contributed by atoms with Crippen LogP contribution in [0.25, 0.3) is 0 Å². The Bertz CT molecular complexity index is 287. The third-order valence-electron chi connectivity index (χ3n) is 2.17.